The Labute approximate surface area is 70.5 Å². The van der Waals surface area contributed by atoms with Crippen molar-refractivity contribution in [3.05, 3.63) is 0 Å². The van der Waals surface area contributed by atoms with Gasteiger partial charge in [-0.25, -0.2) is 4.79 Å². The van der Waals surface area contributed by atoms with Gasteiger partial charge in [0.2, 0.25) is 11.3 Å². The zero-order chi connectivity index (χ0) is 8.85. The number of hydrogen-bond acceptors (Lipinski definition) is 3. The van der Waals surface area contributed by atoms with Crippen molar-refractivity contribution in [1.29, 1.82) is 0 Å². The number of nitrogens with zero attached hydrogens (tertiary/aromatic N) is 1. The lowest BCUT2D eigenvalue weighted by Crippen LogP contribution is -2.15. The molecule has 0 aliphatic heterocycles. The number of halogens is 1. The summed E-state index contributed by atoms with van der Waals surface area (Å²) < 4.78 is 0. The van der Waals surface area contributed by atoms with Crippen LogP contribution in [0.15, 0.2) is 4.99 Å². The lowest BCUT2D eigenvalue weighted by atomic mass is 10.1. The Morgan fingerprint density at radius 1 is 1.64 bits per heavy atom. The van der Waals surface area contributed by atoms with Crippen LogP contribution in [-0.2, 0) is 9.59 Å². The van der Waals surface area contributed by atoms with Crippen molar-refractivity contribution in [3.8, 4) is 0 Å². The van der Waals surface area contributed by atoms with Gasteiger partial charge in [0.25, 0.3) is 0 Å². The summed E-state index contributed by atoms with van der Waals surface area (Å²) in [5.74, 6) is 0.291. The maximum atomic E-state index is 10.6. The summed E-state index contributed by atoms with van der Waals surface area (Å²) in [6.45, 7) is 3.85. The molecular formula is C7H10ClNO2. The van der Waals surface area contributed by atoms with Gasteiger partial charge < -0.3 is 0 Å². The van der Waals surface area contributed by atoms with Crippen molar-refractivity contribution in [2.75, 3.05) is 0 Å². The maximum Gasteiger partial charge on any atom is 0.247 e. The molecule has 0 rings (SSSR count). The van der Waals surface area contributed by atoms with Crippen LogP contribution in [0.5, 0.6) is 0 Å². The van der Waals surface area contributed by atoms with Crippen molar-refractivity contribution >= 4 is 22.9 Å². The van der Waals surface area contributed by atoms with Gasteiger partial charge in [0.15, 0.2) is 0 Å². The summed E-state index contributed by atoms with van der Waals surface area (Å²) in [6, 6.07) is -0.714. The van der Waals surface area contributed by atoms with Crippen molar-refractivity contribution in [2.45, 2.75) is 26.3 Å². The van der Waals surface area contributed by atoms with E-state index in [1.54, 1.807) is 0 Å². The second-order valence-corrected chi connectivity index (χ2v) is 3.04. The standard InChI is InChI=1S/C7H10ClNO2/c1-5(2)3-6(7(8)11)9-4-10/h5-6H,3H2,1-2H3. The molecule has 11 heavy (non-hydrogen) atoms. The van der Waals surface area contributed by atoms with Crippen molar-refractivity contribution < 1.29 is 9.59 Å². The highest BCUT2D eigenvalue weighted by atomic mass is 35.5. The molecule has 0 aromatic heterocycles. The van der Waals surface area contributed by atoms with E-state index in [4.69, 9.17) is 11.6 Å². The molecule has 4 heteroatoms. The Kier molecular flexibility index (Phi) is 4.75. The summed E-state index contributed by atoms with van der Waals surface area (Å²) in [4.78, 5) is 23.6. The molecule has 0 aliphatic rings. The summed E-state index contributed by atoms with van der Waals surface area (Å²) in [6.07, 6.45) is 1.82. The van der Waals surface area contributed by atoms with Gasteiger partial charge in [-0.3, -0.25) is 4.79 Å². The fourth-order valence-corrected chi connectivity index (χ4v) is 0.844. The van der Waals surface area contributed by atoms with E-state index in [-0.39, 0.29) is 0 Å². The number of rotatable bonds is 4. The van der Waals surface area contributed by atoms with Crippen LogP contribution in [-0.4, -0.2) is 17.4 Å². The van der Waals surface area contributed by atoms with Gasteiger partial charge in [-0.15, -0.1) is 0 Å². The molecule has 1 unspecified atom stereocenters. The molecule has 0 saturated heterocycles. The van der Waals surface area contributed by atoms with Gasteiger partial charge >= 0.3 is 0 Å². The highest BCUT2D eigenvalue weighted by Crippen LogP contribution is 2.09. The fraction of sp³-hybridized carbons (Fsp3) is 0.714. The highest BCUT2D eigenvalue weighted by molar-refractivity contribution is 6.64. The second-order valence-electron chi connectivity index (χ2n) is 2.67. The van der Waals surface area contributed by atoms with E-state index in [0.29, 0.717) is 12.3 Å². The molecule has 0 N–H and O–H groups in total. The SMILES string of the molecule is CC(C)CC(N=C=O)C(=O)Cl. The van der Waals surface area contributed by atoms with E-state index in [9.17, 15) is 9.59 Å². The average Bonchev–Trinajstić information content (AvgIpc) is 1.86. The first-order chi connectivity index (χ1) is 5.07. The molecular weight excluding hydrogens is 166 g/mol. The molecule has 0 radical (unpaired) electrons. The fourth-order valence-electron chi connectivity index (χ4n) is 0.706. The van der Waals surface area contributed by atoms with Gasteiger partial charge in [0.1, 0.15) is 6.04 Å². The third-order valence-corrected chi connectivity index (χ3v) is 1.42. The van der Waals surface area contributed by atoms with Gasteiger partial charge in [-0.2, -0.15) is 4.99 Å². The largest absolute Gasteiger partial charge is 0.279 e. The minimum Gasteiger partial charge on any atom is -0.279 e. The van der Waals surface area contributed by atoms with Crippen LogP contribution >= 0.6 is 11.6 Å². The summed E-state index contributed by atoms with van der Waals surface area (Å²) in [5, 5.41) is -0.595. The van der Waals surface area contributed by atoms with Gasteiger partial charge in [-0.05, 0) is 23.9 Å². The Bertz CT molecular complexity index is 183. The van der Waals surface area contributed by atoms with E-state index in [1.165, 1.54) is 6.08 Å². The highest BCUT2D eigenvalue weighted by Gasteiger charge is 2.15. The second kappa shape index (κ2) is 5.05. The van der Waals surface area contributed by atoms with E-state index < -0.39 is 11.3 Å². The molecule has 0 aliphatic carbocycles. The smallest absolute Gasteiger partial charge is 0.247 e. The first-order valence-corrected chi connectivity index (χ1v) is 3.72. The Balaban J connectivity index is 4.11. The molecule has 0 heterocycles. The van der Waals surface area contributed by atoms with Crippen LogP contribution in [0.1, 0.15) is 20.3 Å². The number of hydrogen-bond donors (Lipinski definition) is 0. The zero-order valence-corrected chi connectivity index (χ0v) is 7.26. The number of carbonyl (C=O) groups excluding carboxylic acids is 2. The van der Waals surface area contributed by atoms with E-state index in [0.717, 1.165) is 0 Å². The Morgan fingerprint density at radius 2 is 2.18 bits per heavy atom. The van der Waals surface area contributed by atoms with Crippen LogP contribution in [0, 0.1) is 5.92 Å². The lowest BCUT2D eigenvalue weighted by molar-refractivity contribution is -0.113. The topological polar surface area (TPSA) is 46.5 Å². The van der Waals surface area contributed by atoms with E-state index in [1.807, 2.05) is 13.8 Å². The van der Waals surface area contributed by atoms with Crippen LogP contribution < -0.4 is 0 Å². The third kappa shape index (κ3) is 4.71. The molecule has 0 fully saturated rings. The zero-order valence-electron chi connectivity index (χ0n) is 6.50. The van der Waals surface area contributed by atoms with Crippen molar-refractivity contribution in [1.82, 2.24) is 0 Å². The first kappa shape index (κ1) is 10.3. The Hall–Kier alpha value is -0.660. The van der Waals surface area contributed by atoms with Gasteiger partial charge in [-0.1, -0.05) is 13.8 Å². The van der Waals surface area contributed by atoms with Crippen molar-refractivity contribution in [3.63, 3.8) is 0 Å². The van der Waals surface area contributed by atoms with Crippen molar-refractivity contribution in [2.24, 2.45) is 10.9 Å². The predicted octanol–water partition coefficient (Wildman–Crippen LogP) is 1.50. The number of carbonyl (C=O) groups is 1. The summed E-state index contributed by atoms with van der Waals surface area (Å²) in [7, 11) is 0. The number of aliphatic imine (C=N–C) groups is 1. The molecule has 0 bridgehead atoms. The van der Waals surface area contributed by atoms with Crippen LogP contribution in [0.2, 0.25) is 0 Å². The molecule has 0 saturated carbocycles. The van der Waals surface area contributed by atoms with Crippen LogP contribution in [0.25, 0.3) is 0 Å². The minimum atomic E-state index is -0.714. The average molecular weight is 176 g/mol. The van der Waals surface area contributed by atoms with E-state index >= 15 is 0 Å². The molecule has 0 aromatic carbocycles. The predicted molar refractivity (Wildman–Crippen MR) is 42.2 cm³/mol. The maximum absolute atomic E-state index is 10.6. The Morgan fingerprint density at radius 3 is 2.45 bits per heavy atom. The van der Waals surface area contributed by atoms with Crippen LogP contribution in [0.4, 0.5) is 0 Å². The molecule has 0 amide bonds. The normalized spacial score (nSPS) is 12.4. The number of isocyanates is 1. The third-order valence-electron chi connectivity index (χ3n) is 1.17. The molecule has 1 atom stereocenters. The van der Waals surface area contributed by atoms with Crippen LogP contribution in [0.3, 0.4) is 0 Å². The first-order valence-electron chi connectivity index (χ1n) is 3.34. The lowest BCUT2D eigenvalue weighted by Gasteiger charge is -2.06. The molecule has 62 valence electrons. The van der Waals surface area contributed by atoms with Gasteiger partial charge in [0, 0.05) is 0 Å². The minimum absolute atomic E-state index is 0.291. The quantitative estimate of drug-likeness (QED) is 0.369. The summed E-state index contributed by atoms with van der Waals surface area (Å²) in [5.41, 5.74) is 0. The molecule has 0 spiro atoms. The van der Waals surface area contributed by atoms with E-state index in [2.05, 4.69) is 4.99 Å². The van der Waals surface area contributed by atoms with Gasteiger partial charge in [0.05, 0.1) is 0 Å². The molecule has 3 nitrogen and oxygen atoms in total. The summed E-state index contributed by atoms with van der Waals surface area (Å²) >= 11 is 5.16. The monoisotopic (exact) mass is 175 g/mol. The molecule has 0 aromatic rings.